The summed E-state index contributed by atoms with van der Waals surface area (Å²) in [6.45, 7) is 4.19. The molecule has 0 spiro atoms. The molecule has 1 aromatic rings. The molecule has 3 nitrogen and oxygen atoms in total. The summed E-state index contributed by atoms with van der Waals surface area (Å²) >= 11 is 0. The quantitative estimate of drug-likeness (QED) is 0.684. The van der Waals surface area contributed by atoms with Gasteiger partial charge in [-0.15, -0.1) is 0 Å². The summed E-state index contributed by atoms with van der Waals surface area (Å²) in [5, 5.41) is 12.9. The Balaban J connectivity index is 1.72. The summed E-state index contributed by atoms with van der Waals surface area (Å²) in [4.78, 5) is 0. The summed E-state index contributed by atoms with van der Waals surface area (Å²) in [5.74, 6) is 1.40. The molecule has 118 valence electrons. The molecule has 0 heterocycles. The SMILES string of the molecule is CCCCCOc1ccc(CNC2CCCC2CO)cc1. The first-order valence-electron chi connectivity index (χ1n) is 8.39. The maximum atomic E-state index is 9.33. The van der Waals surface area contributed by atoms with Crippen molar-refractivity contribution in [2.75, 3.05) is 13.2 Å². The maximum Gasteiger partial charge on any atom is 0.119 e. The van der Waals surface area contributed by atoms with E-state index in [-0.39, 0.29) is 0 Å². The van der Waals surface area contributed by atoms with E-state index in [1.54, 1.807) is 0 Å². The van der Waals surface area contributed by atoms with Crippen LogP contribution < -0.4 is 10.1 Å². The van der Waals surface area contributed by atoms with Gasteiger partial charge in [-0.1, -0.05) is 38.3 Å². The predicted octanol–water partition coefficient (Wildman–Crippen LogP) is 3.51. The fourth-order valence-corrected chi connectivity index (χ4v) is 3.02. The van der Waals surface area contributed by atoms with Crippen LogP contribution in [0.2, 0.25) is 0 Å². The fraction of sp³-hybridized carbons (Fsp3) is 0.667. The van der Waals surface area contributed by atoms with Crippen molar-refractivity contribution in [2.24, 2.45) is 5.92 Å². The van der Waals surface area contributed by atoms with Gasteiger partial charge in [-0.3, -0.25) is 0 Å². The summed E-state index contributed by atoms with van der Waals surface area (Å²) < 4.78 is 5.72. The van der Waals surface area contributed by atoms with Gasteiger partial charge in [0.1, 0.15) is 5.75 Å². The average molecular weight is 291 g/mol. The number of aliphatic hydroxyl groups is 1. The third-order valence-electron chi connectivity index (χ3n) is 4.40. The Morgan fingerprint density at radius 2 is 2.00 bits per heavy atom. The molecule has 0 saturated heterocycles. The second-order valence-electron chi connectivity index (χ2n) is 6.06. The van der Waals surface area contributed by atoms with Crippen molar-refractivity contribution < 1.29 is 9.84 Å². The van der Waals surface area contributed by atoms with Crippen LogP contribution in [-0.2, 0) is 6.54 Å². The fourth-order valence-electron chi connectivity index (χ4n) is 3.02. The smallest absolute Gasteiger partial charge is 0.119 e. The average Bonchev–Trinajstić information content (AvgIpc) is 2.98. The number of nitrogens with one attached hydrogen (secondary N) is 1. The lowest BCUT2D eigenvalue weighted by Crippen LogP contribution is -2.33. The summed E-state index contributed by atoms with van der Waals surface area (Å²) in [5.41, 5.74) is 1.28. The first-order chi connectivity index (χ1) is 10.3. The lowest BCUT2D eigenvalue weighted by molar-refractivity contribution is 0.205. The van der Waals surface area contributed by atoms with Gasteiger partial charge in [0.2, 0.25) is 0 Å². The Bertz CT molecular complexity index is 391. The highest BCUT2D eigenvalue weighted by Gasteiger charge is 2.25. The van der Waals surface area contributed by atoms with Crippen molar-refractivity contribution in [2.45, 2.75) is 58.0 Å². The van der Waals surface area contributed by atoms with Crippen LogP contribution in [0.3, 0.4) is 0 Å². The van der Waals surface area contributed by atoms with E-state index in [1.165, 1.54) is 31.2 Å². The lowest BCUT2D eigenvalue weighted by Gasteiger charge is -2.19. The van der Waals surface area contributed by atoms with E-state index < -0.39 is 0 Å². The van der Waals surface area contributed by atoms with E-state index >= 15 is 0 Å². The number of benzene rings is 1. The van der Waals surface area contributed by atoms with Crippen LogP contribution in [-0.4, -0.2) is 24.4 Å². The number of ether oxygens (including phenoxy) is 1. The molecule has 2 unspecified atom stereocenters. The zero-order valence-electron chi connectivity index (χ0n) is 13.2. The largest absolute Gasteiger partial charge is 0.494 e. The van der Waals surface area contributed by atoms with Gasteiger partial charge in [-0.2, -0.15) is 0 Å². The number of hydrogen-bond acceptors (Lipinski definition) is 3. The molecule has 0 aromatic heterocycles. The Kier molecular flexibility index (Phi) is 7.04. The minimum absolute atomic E-state index is 0.308. The molecule has 2 atom stereocenters. The van der Waals surface area contributed by atoms with Crippen molar-refractivity contribution in [1.82, 2.24) is 5.32 Å². The Labute approximate surface area is 128 Å². The van der Waals surface area contributed by atoms with Gasteiger partial charge in [-0.05, 0) is 42.9 Å². The molecule has 0 amide bonds. The molecule has 1 aliphatic rings. The van der Waals surface area contributed by atoms with Crippen LogP contribution in [0.15, 0.2) is 24.3 Å². The van der Waals surface area contributed by atoms with Crippen molar-refractivity contribution in [1.29, 1.82) is 0 Å². The summed E-state index contributed by atoms with van der Waals surface area (Å²) in [7, 11) is 0. The molecule has 0 bridgehead atoms. The van der Waals surface area contributed by atoms with Crippen LogP contribution in [0.1, 0.15) is 51.0 Å². The highest BCUT2D eigenvalue weighted by atomic mass is 16.5. The molecule has 0 radical (unpaired) electrons. The second-order valence-corrected chi connectivity index (χ2v) is 6.06. The van der Waals surface area contributed by atoms with Crippen LogP contribution in [0.25, 0.3) is 0 Å². The molecule has 1 fully saturated rings. The second kappa shape index (κ2) is 9.06. The molecule has 0 aliphatic heterocycles. The minimum Gasteiger partial charge on any atom is -0.494 e. The van der Waals surface area contributed by atoms with Gasteiger partial charge in [0.05, 0.1) is 6.61 Å². The Hall–Kier alpha value is -1.06. The van der Waals surface area contributed by atoms with Crippen LogP contribution in [0.4, 0.5) is 0 Å². The third-order valence-corrected chi connectivity index (χ3v) is 4.40. The van der Waals surface area contributed by atoms with E-state index in [4.69, 9.17) is 4.74 Å². The molecule has 1 aliphatic carbocycles. The van der Waals surface area contributed by atoms with Gasteiger partial charge in [0, 0.05) is 19.2 Å². The zero-order chi connectivity index (χ0) is 14.9. The summed E-state index contributed by atoms with van der Waals surface area (Å²) in [6.07, 6.45) is 7.15. The van der Waals surface area contributed by atoms with Crippen LogP contribution in [0, 0.1) is 5.92 Å². The Morgan fingerprint density at radius 1 is 1.19 bits per heavy atom. The van der Waals surface area contributed by atoms with E-state index in [9.17, 15) is 5.11 Å². The van der Waals surface area contributed by atoms with Crippen molar-refractivity contribution in [3.8, 4) is 5.75 Å². The van der Waals surface area contributed by atoms with Crippen LogP contribution >= 0.6 is 0 Å². The first-order valence-corrected chi connectivity index (χ1v) is 8.39. The highest BCUT2D eigenvalue weighted by molar-refractivity contribution is 5.27. The Morgan fingerprint density at radius 3 is 2.71 bits per heavy atom. The topological polar surface area (TPSA) is 41.5 Å². The molecule has 2 rings (SSSR count). The van der Waals surface area contributed by atoms with Gasteiger partial charge in [-0.25, -0.2) is 0 Å². The lowest BCUT2D eigenvalue weighted by atomic mass is 10.0. The van der Waals surface area contributed by atoms with E-state index in [0.29, 0.717) is 18.6 Å². The van der Waals surface area contributed by atoms with Gasteiger partial charge in [0.15, 0.2) is 0 Å². The van der Waals surface area contributed by atoms with Crippen molar-refractivity contribution >= 4 is 0 Å². The molecular formula is C18H29NO2. The minimum atomic E-state index is 0.308. The monoisotopic (exact) mass is 291 g/mol. The maximum absolute atomic E-state index is 9.33. The van der Waals surface area contributed by atoms with Crippen molar-refractivity contribution in [3.05, 3.63) is 29.8 Å². The molecule has 1 aromatic carbocycles. The van der Waals surface area contributed by atoms with E-state index in [2.05, 4.69) is 36.5 Å². The number of rotatable bonds is 9. The predicted molar refractivity (Wildman–Crippen MR) is 86.5 cm³/mol. The van der Waals surface area contributed by atoms with Gasteiger partial charge < -0.3 is 15.2 Å². The standard InChI is InChI=1S/C18H29NO2/c1-2-3-4-12-21-17-10-8-15(9-11-17)13-19-18-7-5-6-16(18)14-20/h8-11,16,18-20H,2-7,12-14H2,1H3. The van der Waals surface area contributed by atoms with Crippen LogP contribution in [0.5, 0.6) is 5.75 Å². The molecule has 3 heteroatoms. The summed E-state index contributed by atoms with van der Waals surface area (Å²) in [6, 6.07) is 8.85. The molecule has 1 saturated carbocycles. The molecule has 2 N–H and O–H groups in total. The van der Waals surface area contributed by atoms with E-state index in [0.717, 1.165) is 31.7 Å². The first kappa shape index (κ1) is 16.3. The molecule has 21 heavy (non-hydrogen) atoms. The number of aliphatic hydroxyl groups excluding tert-OH is 1. The zero-order valence-corrected chi connectivity index (χ0v) is 13.2. The number of hydrogen-bond donors (Lipinski definition) is 2. The normalized spacial score (nSPS) is 21.6. The van der Waals surface area contributed by atoms with E-state index in [1.807, 2.05) is 0 Å². The van der Waals surface area contributed by atoms with Gasteiger partial charge in [0.25, 0.3) is 0 Å². The number of unbranched alkanes of at least 4 members (excludes halogenated alkanes) is 2. The highest BCUT2D eigenvalue weighted by Crippen LogP contribution is 2.25. The van der Waals surface area contributed by atoms with Gasteiger partial charge >= 0.3 is 0 Å². The third kappa shape index (κ3) is 5.33. The van der Waals surface area contributed by atoms with Crippen molar-refractivity contribution in [3.63, 3.8) is 0 Å². The molecular weight excluding hydrogens is 262 g/mol.